The van der Waals surface area contributed by atoms with Crippen LogP contribution in [0.4, 0.5) is 15.8 Å². The second-order valence-electron chi connectivity index (χ2n) is 7.06. The predicted octanol–water partition coefficient (Wildman–Crippen LogP) is 4.65. The highest BCUT2D eigenvalue weighted by Crippen LogP contribution is 2.23. The van der Waals surface area contributed by atoms with Gasteiger partial charge in [0.15, 0.2) is 6.10 Å². The van der Waals surface area contributed by atoms with Gasteiger partial charge in [-0.1, -0.05) is 24.3 Å². The average Bonchev–Trinajstić information content (AvgIpc) is 2.73. The van der Waals surface area contributed by atoms with Crippen LogP contribution in [-0.2, 0) is 14.8 Å². The number of carbonyl (C=O) groups excluding carboxylic acids is 1. The Labute approximate surface area is 181 Å². The minimum atomic E-state index is -3.97. The molecule has 162 valence electrons. The molecule has 0 radical (unpaired) electrons. The number of nitrogens with one attached hydrogen (secondary N) is 2. The number of benzene rings is 3. The first-order valence-electron chi connectivity index (χ1n) is 9.58. The van der Waals surface area contributed by atoms with Gasteiger partial charge in [-0.25, -0.2) is 12.8 Å². The normalized spacial score (nSPS) is 12.1. The van der Waals surface area contributed by atoms with Crippen LogP contribution in [0, 0.1) is 19.7 Å². The Kier molecular flexibility index (Phi) is 6.60. The molecule has 0 aliphatic heterocycles. The molecule has 0 saturated carbocycles. The molecular weight excluding hydrogens is 419 g/mol. The maximum Gasteiger partial charge on any atom is 0.265 e. The van der Waals surface area contributed by atoms with E-state index in [1.807, 2.05) is 26.0 Å². The molecular formula is C23H23FN2O4S. The number of carbonyl (C=O) groups is 1. The Morgan fingerprint density at radius 1 is 0.968 bits per heavy atom. The Morgan fingerprint density at radius 3 is 2.32 bits per heavy atom. The molecule has 0 heterocycles. The van der Waals surface area contributed by atoms with Crippen molar-refractivity contribution in [3.8, 4) is 5.75 Å². The molecule has 1 unspecified atom stereocenters. The van der Waals surface area contributed by atoms with Crippen LogP contribution >= 0.6 is 0 Å². The SMILES string of the molecule is Cc1cccc(OC(C)C(=O)Nc2ccc(S(=O)(=O)Nc3ccccc3F)cc2)c1C. The van der Waals surface area contributed by atoms with Crippen LogP contribution in [0.2, 0.25) is 0 Å². The molecule has 3 aromatic carbocycles. The molecule has 0 fully saturated rings. The smallest absolute Gasteiger partial charge is 0.265 e. The van der Waals surface area contributed by atoms with Gasteiger partial charge in [-0.15, -0.1) is 0 Å². The van der Waals surface area contributed by atoms with E-state index in [1.54, 1.807) is 13.0 Å². The van der Waals surface area contributed by atoms with Crippen LogP contribution < -0.4 is 14.8 Å². The molecule has 1 atom stereocenters. The van der Waals surface area contributed by atoms with Gasteiger partial charge < -0.3 is 10.1 Å². The van der Waals surface area contributed by atoms with Crippen molar-refractivity contribution in [3.05, 3.63) is 83.7 Å². The van der Waals surface area contributed by atoms with E-state index in [1.165, 1.54) is 42.5 Å². The van der Waals surface area contributed by atoms with Crippen molar-refractivity contribution in [2.45, 2.75) is 31.8 Å². The fourth-order valence-electron chi connectivity index (χ4n) is 2.80. The molecule has 3 aromatic rings. The molecule has 31 heavy (non-hydrogen) atoms. The van der Waals surface area contributed by atoms with Gasteiger partial charge in [0, 0.05) is 5.69 Å². The first-order valence-corrected chi connectivity index (χ1v) is 11.1. The lowest BCUT2D eigenvalue weighted by molar-refractivity contribution is -0.122. The van der Waals surface area contributed by atoms with E-state index in [2.05, 4.69) is 10.0 Å². The number of amides is 1. The van der Waals surface area contributed by atoms with E-state index in [9.17, 15) is 17.6 Å². The number of rotatable bonds is 7. The third-order valence-corrected chi connectivity index (χ3v) is 6.16. The van der Waals surface area contributed by atoms with Crippen LogP contribution in [0.3, 0.4) is 0 Å². The molecule has 0 aromatic heterocycles. The zero-order valence-electron chi connectivity index (χ0n) is 17.3. The Bertz CT molecular complexity index is 1190. The van der Waals surface area contributed by atoms with Crippen molar-refractivity contribution < 1.29 is 22.3 Å². The number of aryl methyl sites for hydroxylation is 1. The summed E-state index contributed by atoms with van der Waals surface area (Å²) in [5, 5.41) is 2.69. The summed E-state index contributed by atoms with van der Waals surface area (Å²) in [5.74, 6) is -0.419. The number of anilines is 2. The lowest BCUT2D eigenvalue weighted by Crippen LogP contribution is -2.30. The lowest BCUT2D eigenvalue weighted by Gasteiger charge is -2.17. The maximum absolute atomic E-state index is 13.7. The van der Waals surface area contributed by atoms with Crippen molar-refractivity contribution in [3.63, 3.8) is 0 Å². The summed E-state index contributed by atoms with van der Waals surface area (Å²) in [6.45, 7) is 5.52. The van der Waals surface area contributed by atoms with Gasteiger partial charge in [0.25, 0.3) is 15.9 Å². The van der Waals surface area contributed by atoms with Gasteiger partial charge in [0.2, 0.25) is 0 Å². The Hall–Kier alpha value is -3.39. The van der Waals surface area contributed by atoms with E-state index in [-0.39, 0.29) is 16.5 Å². The lowest BCUT2D eigenvalue weighted by atomic mass is 10.1. The summed E-state index contributed by atoms with van der Waals surface area (Å²) in [4.78, 5) is 12.4. The zero-order chi connectivity index (χ0) is 22.6. The van der Waals surface area contributed by atoms with E-state index in [0.29, 0.717) is 11.4 Å². The molecule has 0 aliphatic carbocycles. The number of halogens is 1. The fourth-order valence-corrected chi connectivity index (χ4v) is 3.87. The zero-order valence-corrected chi connectivity index (χ0v) is 18.2. The molecule has 1 amide bonds. The van der Waals surface area contributed by atoms with Crippen LogP contribution in [0.5, 0.6) is 5.75 Å². The van der Waals surface area contributed by atoms with Gasteiger partial charge in [-0.3, -0.25) is 9.52 Å². The van der Waals surface area contributed by atoms with Gasteiger partial charge >= 0.3 is 0 Å². The third kappa shape index (κ3) is 5.40. The van der Waals surface area contributed by atoms with E-state index in [4.69, 9.17) is 4.74 Å². The van der Waals surface area contributed by atoms with Crippen molar-refractivity contribution >= 4 is 27.3 Å². The van der Waals surface area contributed by atoms with E-state index < -0.39 is 21.9 Å². The summed E-state index contributed by atoms with van der Waals surface area (Å²) in [7, 11) is -3.97. The first kappa shape index (κ1) is 22.3. The summed E-state index contributed by atoms with van der Waals surface area (Å²) in [6.07, 6.45) is -0.758. The molecule has 0 spiro atoms. The van der Waals surface area contributed by atoms with Crippen LogP contribution in [0.15, 0.2) is 71.6 Å². The van der Waals surface area contributed by atoms with Crippen molar-refractivity contribution in [1.82, 2.24) is 0 Å². The minimum Gasteiger partial charge on any atom is -0.481 e. The largest absolute Gasteiger partial charge is 0.481 e. The maximum atomic E-state index is 13.7. The standard InChI is InChI=1S/C23H23FN2O4S/c1-15-7-6-10-22(16(15)2)30-17(3)23(27)25-18-11-13-19(14-12-18)31(28,29)26-21-9-5-4-8-20(21)24/h4-14,17,26H,1-3H3,(H,25,27). The summed E-state index contributed by atoms with van der Waals surface area (Å²) < 4.78 is 46.7. The van der Waals surface area contributed by atoms with Crippen LogP contribution in [0.25, 0.3) is 0 Å². The number of para-hydroxylation sites is 1. The topological polar surface area (TPSA) is 84.5 Å². The minimum absolute atomic E-state index is 0.0616. The number of ether oxygens (including phenoxy) is 1. The number of sulfonamides is 1. The highest BCUT2D eigenvalue weighted by atomic mass is 32.2. The molecule has 3 rings (SSSR count). The molecule has 6 nitrogen and oxygen atoms in total. The Balaban J connectivity index is 1.66. The van der Waals surface area contributed by atoms with Gasteiger partial charge in [-0.05, 0) is 74.4 Å². The monoisotopic (exact) mass is 442 g/mol. The quantitative estimate of drug-likeness (QED) is 0.558. The van der Waals surface area contributed by atoms with Gasteiger partial charge in [0.05, 0.1) is 10.6 Å². The second-order valence-corrected chi connectivity index (χ2v) is 8.74. The second kappa shape index (κ2) is 9.18. The highest BCUT2D eigenvalue weighted by molar-refractivity contribution is 7.92. The van der Waals surface area contributed by atoms with E-state index in [0.717, 1.165) is 17.2 Å². The molecule has 2 N–H and O–H groups in total. The van der Waals surface area contributed by atoms with Crippen molar-refractivity contribution in [2.75, 3.05) is 10.0 Å². The van der Waals surface area contributed by atoms with Gasteiger partial charge in [-0.2, -0.15) is 0 Å². The van der Waals surface area contributed by atoms with Crippen LogP contribution in [0.1, 0.15) is 18.1 Å². The first-order chi connectivity index (χ1) is 14.7. The molecule has 0 aliphatic rings. The molecule has 0 bridgehead atoms. The molecule has 8 heteroatoms. The molecule has 0 saturated heterocycles. The van der Waals surface area contributed by atoms with Crippen LogP contribution in [-0.4, -0.2) is 20.4 Å². The summed E-state index contributed by atoms with van der Waals surface area (Å²) in [5.41, 5.74) is 2.29. The highest BCUT2D eigenvalue weighted by Gasteiger charge is 2.18. The van der Waals surface area contributed by atoms with Crippen molar-refractivity contribution in [1.29, 1.82) is 0 Å². The summed E-state index contributed by atoms with van der Waals surface area (Å²) in [6, 6.07) is 16.7. The van der Waals surface area contributed by atoms with Gasteiger partial charge in [0.1, 0.15) is 11.6 Å². The fraction of sp³-hybridized carbons (Fsp3) is 0.174. The third-order valence-electron chi connectivity index (χ3n) is 4.78. The number of hydrogen-bond donors (Lipinski definition) is 2. The predicted molar refractivity (Wildman–Crippen MR) is 118 cm³/mol. The van der Waals surface area contributed by atoms with Crippen molar-refractivity contribution in [2.24, 2.45) is 0 Å². The average molecular weight is 443 g/mol. The van der Waals surface area contributed by atoms with E-state index >= 15 is 0 Å². The summed E-state index contributed by atoms with van der Waals surface area (Å²) >= 11 is 0. The Morgan fingerprint density at radius 2 is 1.65 bits per heavy atom. The number of hydrogen-bond acceptors (Lipinski definition) is 4.